The Morgan fingerprint density at radius 3 is 1.83 bits per heavy atom. The van der Waals surface area contributed by atoms with E-state index in [9.17, 15) is 14.2 Å². The van der Waals surface area contributed by atoms with Crippen LogP contribution in [0.2, 0.25) is 0 Å². The summed E-state index contributed by atoms with van der Waals surface area (Å²) in [6, 6.07) is 19.2. The molecule has 0 fully saturated rings. The standard InChI is InChI=1S/C24H23O5P/c1-16-17(2)22(15-14-21(16)24(26)29-4)30(27,19-8-6-5-7-9-19)20-12-10-18(11-13-20)23(25)28-3/h5-15H,1-4H3. The first kappa shape index (κ1) is 21.5. The van der Waals surface area contributed by atoms with E-state index in [1.54, 1.807) is 36.4 Å². The van der Waals surface area contributed by atoms with Crippen LogP contribution in [0, 0.1) is 13.8 Å². The molecule has 5 nitrogen and oxygen atoms in total. The van der Waals surface area contributed by atoms with Crippen molar-refractivity contribution in [2.75, 3.05) is 14.2 Å². The quantitative estimate of drug-likeness (QED) is 0.465. The Bertz CT molecular complexity index is 1130. The number of rotatable bonds is 5. The fourth-order valence-corrected chi connectivity index (χ4v) is 6.41. The highest BCUT2D eigenvalue weighted by molar-refractivity contribution is 7.85. The predicted molar refractivity (Wildman–Crippen MR) is 118 cm³/mol. The second kappa shape index (κ2) is 8.68. The van der Waals surface area contributed by atoms with Crippen molar-refractivity contribution in [1.29, 1.82) is 0 Å². The van der Waals surface area contributed by atoms with Crippen LogP contribution < -0.4 is 15.9 Å². The Hall–Kier alpha value is -3.17. The molecule has 1 atom stereocenters. The Morgan fingerprint density at radius 1 is 0.700 bits per heavy atom. The van der Waals surface area contributed by atoms with E-state index in [4.69, 9.17) is 9.47 Å². The molecule has 0 aromatic heterocycles. The molecule has 0 spiro atoms. The van der Waals surface area contributed by atoms with E-state index in [2.05, 4.69) is 0 Å². The molecule has 3 aromatic rings. The Balaban J connectivity index is 2.25. The maximum atomic E-state index is 14.7. The van der Waals surface area contributed by atoms with E-state index in [1.807, 2.05) is 44.2 Å². The van der Waals surface area contributed by atoms with Crippen molar-refractivity contribution in [1.82, 2.24) is 0 Å². The van der Waals surface area contributed by atoms with Crippen molar-refractivity contribution in [3.05, 3.63) is 89.0 Å². The van der Waals surface area contributed by atoms with Gasteiger partial charge in [-0.2, -0.15) is 0 Å². The molecule has 0 saturated carbocycles. The van der Waals surface area contributed by atoms with Gasteiger partial charge in [-0.15, -0.1) is 0 Å². The van der Waals surface area contributed by atoms with Gasteiger partial charge in [0, 0.05) is 15.9 Å². The number of carbonyl (C=O) groups excluding carboxylic acids is 2. The number of methoxy groups -OCH3 is 2. The van der Waals surface area contributed by atoms with Gasteiger partial charge in [0.15, 0.2) is 7.14 Å². The number of esters is 2. The lowest BCUT2D eigenvalue weighted by Crippen LogP contribution is -2.28. The highest BCUT2D eigenvalue weighted by atomic mass is 31.2. The smallest absolute Gasteiger partial charge is 0.338 e. The third kappa shape index (κ3) is 3.69. The summed E-state index contributed by atoms with van der Waals surface area (Å²) in [6.07, 6.45) is 0. The molecule has 30 heavy (non-hydrogen) atoms. The van der Waals surface area contributed by atoms with Gasteiger partial charge in [0.1, 0.15) is 0 Å². The maximum Gasteiger partial charge on any atom is 0.338 e. The molecule has 6 heteroatoms. The molecule has 0 aliphatic rings. The van der Waals surface area contributed by atoms with Gasteiger partial charge in [0.25, 0.3) is 0 Å². The summed E-state index contributed by atoms with van der Waals surface area (Å²) in [5, 5.41) is 1.91. The normalized spacial score (nSPS) is 12.7. The molecule has 3 aromatic carbocycles. The van der Waals surface area contributed by atoms with E-state index < -0.39 is 19.1 Å². The minimum absolute atomic E-state index is 0.384. The van der Waals surface area contributed by atoms with Crippen LogP contribution in [-0.2, 0) is 14.0 Å². The van der Waals surface area contributed by atoms with Gasteiger partial charge in [-0.05, 0) is 49.2 Å². The first-order chi connectivity index (χ1) is 14.3. The maximum absolute atomic E-state index is 14.7. The van der Waals surface area contributed by atoms with Crippen LogP contribution >= 0.6 is 7.14 Å². The summed E-state index contributed by atoms with van der Waals surface area (Å²) < 4.78 is 24.3. The Kier molecular flexibility index (Phi) is 6.23. The monoisotopic (exact) mass is 422 g/mol. The van der Waals surface area contributed by atoms with Crippen molar-refractivity contribution in [3.8, 4) is 0 Å². The van der Waals surface area contributed by atoms with E-state index in [0.717, 1.165) is 11.1 Å². The SMILES string of the molecule is COC(=O)c1ccc(P(=O)(c2ccccc2)c2ccc(C(=O)OC)c(C)c2C)cc1. The molecule has 154 valence electrons. The summed E-state index contributed by atoms with van der Waals surface area (Å²) in [7, 11) is -0.607. The van der Waals surface area contributed by atoms with E-state index in [-0.39, 0.29) is 0 Å². The van der Waals surface area contributed by atoms with E-state index >= 15 is 0 Å². The van der Waals surface area contributed by atoms with Gasteiger partial charge in [0.2, 0.25) is 0 Å². The number of ether oxygens (including phenoxy) is 2. The summed E-state index contributed by atoms with van der Waals surface area (Å²) in [4.78, 5) is 23.9. The minimum atomic E-state index is -3.26. The zero-order valence-corrected chi connectivity index (χ0v) is 18.2. The van der Waals surface area contributed by atoms with Crippen molar-refractivity contribution in [2.45, 2.75) is 13.8 Å². The van der Waals surface area contributed by atoms with Gasteiger partial charge in [-0.3, -0.25) is 0 Å². The van der Waals surface area contributed by atoms with Crippen molar-refractivity contribution < 1.29 is 23.6 Å². The Morgan fingerprint density at radius 2 is 1.27 bits per heavy atom. The topological polar surface area (TPSA) is 69.7 Å². The first-order valence-electron chi connectivity index (χ1n) is 9.38. The second-order valence-corrected chi connectivity index (χ2v) is 9.59. The number of hydrogen-bond acceptors (Lipinski definition) is 5. The lowest BCUT2D eigenvalue weighted by Gasteiger charge is -2.23. The Labute approximate surface area is 176 Å². The molecular weight excluding hydrogens is 399 g/mol. The predicted octanol–water partition coefficient (Wildman–Crippen LogP) is 3.52. The van der Waals surface area contributed by atoms with Crippen LogP contribution in [0.4, 0.5) is 0 Å². The van der Waals surface area contributed by atoms with Gasteiger partial charge in [-0.25, -0.2) is 9.59 Å². The van der Waals surface area contributed by atoms with Gasteiger partial charge in [0.05, 0.1) is 25.3 Å². The molecule has 0 N–H and O–H groups in total. The fourth-order valence-electron chi connectivity index (χ4n) is 3.47. The van der Waals surface area contributed by atoms with E-state index in [1.165, 1.54) is 14.2 Å². The molecule has 0 radical (unpaired) electrons. The molecule has 0 amide bonds. The average molecular weight is 422 g/mol. The van der Waals surface area contributed by atoms with Crippen LogP contribution in [0.25, 0.3) is 0 Å². The van der Waals surface area contributed by atoms with Crippen molar-refractivity contribution in [3.63, 3.8) is 0 Å². The molecule has 0 bridgehead atoms. The van der Waals surface area contributed by atoms with Gasteiger partial charge in [-0.1, -0.05) is 42.5 Å². The van der Waals surface area contributed by atoms with Crippen LogP contribution in [-0.4, -0.2) is 26.2 Å². The van der Waals surface area contributed by atoms with Gasteiger partial charge >= 0.3 is 11.9 Å². The lowest BCUT2D eigenvalue weighted by atomic mass is 10.0. The van der Waals surface area contributed by atoms with Crippen LogP contribution in [0.1, 0.15) is 31.8 Å². The average Bonchev–Trinajstić information content (AvgIpc) is 2.80. The molecule has 1 unspecified atom stereocenters. The fraction of sp³-hybridized carbons (Fsp3) is 0.167. The van der Waals surface area contributed by atoms with Gasteiger partial charge < -0.3 is 14.0 Å². The van der Waals surface area contributed by atoms with Crippen molar-refractivity contribution >= 4 is 35.0 Å². The third-order valence-electron chi connectivity index (χ3n) is 5.27. The van der Waals surface area contributed by atoms with Crippen LogP contribution in [0.5, 0.6) is 0 Å². The summed E-state index contributed by atoms with van der Waals surface area (Å²) in [5.41, 5.74) is 2.32. The number of hydrogen-bond donors (Lipinski definition) is 0. The van der Waals surface area contributed by atoms with E-state index in [0.29, 0.717) is 27.0 Å². The zero-order chi connectivity index (χ0) is 21.9. The number of carbonyl (C=O) groups is 2. The molecule has 0 aliphatic heterocycles. The highest BCUT2D eigenvalue weighted by Gasteiger charge is 2.32. The zero-order valence-electron chi connectivity index (χ0n) is 17.3. The summed E-state index contributed by atoms with van der Waals surface area (Å²) in [6.45, 7) is 3.68. The minimum Gasteiger partial charge on any atom is -0.465 e. The molecule has 0 heterocycles. The lowest BCUT2D eigenvalue weighted by molar-refractivity contribution is 0.0591. The molecule has 0 saturated heterocycles. The molecule has 0 aliphatic carbocycles. The number of benzene rings is 3. The molecular formula is C24H23O5P. The second-order valence-electron chi connectivity index (χ2n) is 6.86. The van der Waals surface area contributed by atoms with Crippen LogP contribution in [0.15, 0.2) is 66.7 Å². The van der Waals surface area contributed by atoms with Crippen LogP contribution in [0.3, 0.4) is 0 Å². The highest BCUT2D eigenvalue weighted by Crippen LogP contribution is 2.44. The largest absolute Gasteiger partial charge is 0.465 e. The summed E-state index contributed by atoms with van der Waals surface area (Å²) in [5.74, 6) is -0.885. The summed E-state index contributed by atoms with van der Waals surface area (Å²) >= 11 is 0. The van der Waals surface area contributed by atoms with Crippen molar-refractivity contribution in [2.24, 2.45) is 0 Å². The third-order valence-corrected chi connectivity index (χ3v) is 8.49. The molecule has 3 rings (SSSR count). The first-order valence-corrected chi connectivity index (χ1v) is 11.1.